The third-order valence-electron chi connectivity index (χ3n) is 6.68. The molecule has 0 unspecified atom stereocenters. The minimum atomic E-state index is -0.0354. The first-order valence-corrected chi connectivity index (χ1v) is 12.8. The SMILES string of the molecule is COc1cc(/C=C2\CN(Cc3ccccc3)C/C(=C\c3cc(OC)c(OC)c(OC)c3)C2=O)cc(OC)c1OC. The first kappa shape index (κ1) is 28.6. The molecule has 0 radical (unpaired) electrons. The predicted octanol–water partition coefficient (Wildman–Crippen LogP) is 5.29. The summed E-state index contributed by atoms with van der Waals surface area (Å²) < 4.78 is 33.0. The van der Waals surface area contributed by atoms with E-state index in [0.717, 1.165) is 16.7 Å². The van der Waals surface area contributed by atoms with Crippen molar-refractivity contribution in [3.8, 4) is 34.5 Å². The molecular weight excluding hydrogens is 510 g/mol. The Labute approximate surface area is 235 Å². The third kappa shape index (κ3) is 6.24. The monoisotopic (exact) mass is 545 g/mol. The zero-order valence-electron chi connectivity index (χ0n) is 23.8. The van der Waals surface area contributed by atoms with Gasteiger partial charge in [-0.1, -0.05) is 30.3 Å². The fourth-order valence-corrected chi connectivity index (χ4v) is 4.84. The molecule has 0 spiro atoms. The molecule has 1 aliphatic heterocycles. The molecule has 0 N–H and O–H groups in total. The number of benzene rings is 3. The van der Waals surface area contributed by atoms with Crippen molar-refractivity contribution in [3.05, 3.63) is 82.4 Å². The fraction of sp³-hybridized carbons (Fsp3) is 0.281. The second-order valence-electron chi connectivity index (χ2n) is 9.22. The molecule has 1 fully saturated rings. The van der Waals surface area contributed by atoms with Crippen LogP contribution in [0.4, 0.5) is 0 Å². The van der Waals surface area contributed by atoms with Crippen LogP contribution in [0.1, 0.15) is 16.7 Å². The van der Waals surface area contributed by atoms with Gasteiger partial charge in [0.05, 0.1) is 42.7 Å². The average Bonchev–Trinajstić information content (AvgIpc) is 2.98. The second-order valence-corrected chi connectivity index (χ2v) is 9.22. The Morgan fingerprint density at radius 2 is 1.02 bits per heavy atom. The van der Waals surface area contributed by atoms with Crippen LogP contribution in [0.15, 0.2) is 65.7 Å². The number of methoxy groups -OCH3 is 6. The quantitative estimate of drug-likeness (QED) is 0.318. The molecule has 210 valence electrons. The molecule has 1 saturated heterocycles. The van der Waals surface area contributed by atoms with Gasteiger partial charge in [0.15, 0.2) is 28.8 Å². The Bertz CT molecular complexity index is 1280. The number of hydrogen-bond acceptors (Lipinski definition) is 8. The molecule has 0 aromatic heterocycles. The molecule has 8 heteroatoms. The van der Waals surface area contributed by atoms with E-state index in [0.29, 0.717) is 65.3 Å². The maximum atomic E-state index is 13.9. The number of ketones is 1. The third-order valence-corrected chi connectivity index (χ3v) is 6.68. The van der Waals surface area contributed by atoms with Crippen molar-refractivity contribution >= 4 is 17.9 Å². The van der Waals surface area contributed by atoms with Gasteiger partial charge in [0, 0.05) is 30.8 Å². The van der Waals surface area contributed by atoms with Crippen LogP contribution in [-0.2, 0) is 11.3 Å². The molecule has 0 bridgehead atoms. The molecule has 0 aliphatic carbocycles. The van der Waals surface area contributed by atoms with Gasteiger partial charge in [-0.25, -0.2) is 0 Å². The van der Waals surface area contributed by atoms with E-state index in [1.54, 1.807) is 42.7 Å². The maximum absolute atomic E-state index is 13.9. The Hall–Kier alpha value is -4.43. The lowest BCUT2D eigenvalue weighted by molar-refractivity contribution is -0.113. The molecule has 4 rings (SSSR count). The Kier molecular flexibility index (Phi) is 9.35. The summed E-state index contributed by atoms with van der Waals surface area (Å²) in [4.78, 5) is 16.1. The van der Waals surface area contributed by atoms with Crippen LogP contribution in [-0.4, -0.2) is 66.4 Å². The summed E-state index contributed by atoms with van der Waals surface area (Å²) >= 11 is 0. The van der Waals surface area contributed by atoms with Gasteiger partial charge in [-0.05, 0) is 53.1 Å². The number of carbonyl (C=O) groups excluding carboxylic acids is 1. The summed E-state index contributed by atoms with van der Waals surface area (Å²) in [6.45, 7) is 1.65. The zero-order valence-corrected chi connectivity index (χ0v) is 23.8. The lowest BCUT2D eigenvalue weighted by Gasteiger charge is -2.30. The van der Waals surface area contributed by atoms with Gasteiger partial charge >= 0.3 is 0 Å². The number of piperidine rings is 1. The van der Waals surface area contributed by atoms with Crippen molar-refractivity contribution in [3.63, 3.8) is 0 Å². The summed E-state index contributed by atoms with van der Waals surface area (Å²) in [5.74, 6) is 3.04. The lowest BCUT2D eigenvalue weighted by Crippen LogP contribution is -2.37. The average molecular weight is 546 g/mol. The summed E-state index contributed by atoms with van der Waals surface area (Å²) in [6.07, 6.45) is 3.76. The second kappa shape index (κ2) is 13.1. The summed E-state index contributed by atoms with van der Waals surface area (Å²) in [6, 6.07) is 17.5. The molecule has 0 atom stereocenters. The first-order valence-electron chi connectivity index (χ1n) is 12.8. The van der Waals surface area contributed by atoms with E-state index in [-0.39, 0.29) is 5.78 Å². The van der Waals surface area contributed by atoms with Gasteiger partial charge < -0.3 is 28.4 Å². The lowest BCUT2D eigenvalue weighted by atomic mass is 9.93. The Morgan fingerprint density at radius 3 is 1.38 bits per heavy atom. The largest absolute Gasteiger partial charge is 0.493 e. The van der Waals surface area contributed by atoms with E-state index in [9.17, 15) is 4.79 Å². The van der Waals surface area contributed by atoms with Gasteiger partial charge in [-0.2, -0.15) is 0 Å². The van der Waals surface area contributed by atoms with Gasteiger partial charge in [0.25, 0.3) is 0 Å². The molecule has 1 heterocycles. The van der Waals surface area contributed by atoms with Crippen LogP contribution in [0.5, 0.6) is 34.5 Å². The van der Waals surface area contributed by atoms with Crippen molar-refractivity contribution in [2.45, 2.75) is 6.54 Å². The van der Waals surface area contributed by atoms with Crippen LogP contribution in [0.2, 0.25) is 0 Å². The van der Waals surface area contributed by atoms with E-state index in [4.69, 9.17) is 28.4 Å². The highest BCUT2D eigenvalue weighted by Crippen LogP contribution is 2.40. The van der Waals surface area contributed by atoms with E-state index in [2.05, 4.69) is 17.0 Å². The molecule has 40 heavy (non-hydrogen) atoms. The van der Waals surface area contributed by atoms with Crippen molar-refractivity contribution < 1.29 is 33.2 Å². The number of ether oxygens (including phenoxy) is 6. The zero-order chi connectivity index (χ0) is 28.6. The minimum Gasteiger partial charge on any atom is -0.493 e. The summed E-state index contributed by atoms with van der Waals surface area (Å²) in [5, 5.41) is 0. The smallest absolute Gasteiger partial charge is 0.203 e. The molecule has 0 amide bonds. The highest BCUT2D eigenvalue weighted by Gasteiger charge is 2.27. The van der Waals surface area contributed by atoms with Crippen LogP contribution < -0.4 is 28.4 Å². The highest BCUT2D eigenvalue weighted by molar-refractivity contribution is 6.14. The molecule has 1 aliphatic rings. The van der Waals surface area contributed by atoms with E-state index >= 15 is 0 Å². The van der Waals surface area contributed by atoms with E-state index in [1.165, 1.54) is 0 Å². The molecule has 3 aromatic carbocycles. The standard InChI is InChI=1S/C32H35NO7/c1-35-26-14-22(15-27(36-2)31(26)39-5)12-24-19-33(18-21-10-8-7-9-11-21)20-25(30(24)34)13-23-16-28(37-3)32(40-6)29(17-23)38-4/h7-17H,18-20H2,1-6H3/b24-12+,25-13+. The van der Waals surface area contributed by atoms with Gasteiger partial charge in [0.1, 0.15) is 0 Å². The molecule has 8 nitrogen and oxygen atoms in total. The summed E-state index contributed by atoms with van der Waals surface area (Å²) in [7, 11) is 9.40. The van der Waals surface area contributed by atoms with Gasteiger partial charge in [0.2, 0.25) is 11.5 Å². The first-order chi connectivity index (χ1) is 19.4. The van der Waals surface area contributed by atoms with E-state index in [1.807, 2.05) is 54.6 Å². The van der Waals surface area contributed by atoms with Crippen molar-refractivity contribution in [1.29, 1.82) is 0 Å². The van der Waals surface area contributed by atoms with Crippen molar-refractivity contribution in [2.75, 3.05) is 55.7 Å². The number of nitrogens with zero attached hydrogens (tertiary/aromatic N) is 1. The normalized spacial score (nSPS) is 15.7. The predicted molar refractivity (Wildman–Crippen MR) is 155 cm³/mol. The van der Waals surface area contributed by atoms with Gasteiger partial charge in [-0.15, -0.1) is 0 Å². The molecular formula is C32H35NO7. The maximum Gasteiger partial charge on any atom is 0.203 e. The topological polar surface area (TPSA) is 75.7 Å². The van der Waals surface area contributed by atoms with Crippen molar-refractivity contribution in [1.82, 2.24) is 4.90 Å². The molecule has 0 saturated carbocycles. The number of likely N-dealkylation sites (tertiary alicyclic amines) is 1. The van der Waals surface area contributed by atoms with Crippen molar-refractivity contribution in [2.24, 2.45) is 0 Å². The number of carbonyl (C=O) groups is 1. The van der Waals surface area contributed by atoms with Gasteiger partial charge in [-0.3, -0.25) is 9.69 Å². The van der Waals surface area contributed by atoms with Crippen LogP contribution in [0.25, 0.3) is 12.2 Å². The number of hydrogen-bond donors (Lipinski definition) is 0. The summed E-state index contributed by atoms with van der Waals surface area (Å²) in [5.41, 5.74) is 4.00. The van der Waals surface area contributed by atoms with E-state index < -0.39 is 0 Å². The van der Waals surface area contributed by atoms with Crippen LogP contribution in [0, 0.1) is 0 Å². The fourth-order valence-electron chi connectivity index (χ4n) is 4.84. The minimum absolute atomic E-state index is 0.0354. The van der Waals surface area contributed by atoms with Crippen LogP contribution in [0.3, 0.4) is 0 Å². The molecule has 3 aromatic rings. The number of rotatable bonds is 10. The number of Topliss-reactive ketones (excluding diaryl/α,β-unsaturated/α-hetero) is 1. The highest BCUT2D eigenvalue weighted by atomic mass is 16.5. The Balaban J connectivity index is 1.79. The Morgan fingerprint density at radius 1 is 0.625 bits per heavy atom. The van der Waals surface area contributed by atoms with Crippen LogP contribution >= 0.6 is 0 Å².